The minimum absolute atomic E-state index is 0.179. The zero-order valence-electron chi connectivity index (χ0n) is 22.5. The highest BCUT2D eigenvalue weighted by molar-refractivity contribution is 7.89. The molecule has 3 aromatic carbocycles. The Morgan fingerprint density at radius 2 is 1.63 bits per heavy atom. The van der Waals surface area contributed by atoms with E-state index in [9.17, 15) is 13.2 Å². The van der Waals surface area contributed by atoms with Crippen LogP contribution in [0.5, 0.6) is 0 Å². The molecule has 0 aliphatic rings. The summed E-state index contributed by atoms with van der Waals surface area (Å²) in [7, 11) is -2.03. The van der Waals surface area contributed by atoms with Crippen molar-refractivity contribution in [1.29, 1.82) is 0 Å². The Kier molecular flexibility index (Phi) is 8.82. The first-order valence-electron chi connectivity index (χ1n) is 12.8. The van der Waals surface area contributed by atoms with E-state index < -0.39 is 15.9 Å². The fourth-order valence-corrected chi connectivity index (χ4v) is 7.39. The summed E-state index contributed by atoms with van der Waals surface area (Å²) in [6, 6.07) is 18.4. The van der Waals surface area contributed by atoms with E-state index in [1.807, 2.05) is 50.5 Å². The minimum Gasteiger partial charge on any atom is -0.383 e. The standard InChI is InChI=1S/C29H35N3O4S2/c1-20(2)18-31(19-21(3)4)38(34,35)24-13-10-23(11-14-24)28(33)30-29-32(16-17-36-5)26-15-12-22-8-6-7-9-25(22)27(26)37-29/h6-15,20-21H,16-19H2,1-5H3. The molecule has 0 unspecified atom stereocenters. The summed E-state index contributed by atoms with van der Waals surface area (Å²) in [5, 5.41) is 2.23. The number of carbonyl (C=O) groups excluding carboxylic acids is 1. The molecule has 0 bridgehead atoms. The lowest BCUT2D eigenvalue weighted by Crippen LogP contribution is -2.37. The van der Waals surface area contributed by atoms with Gasteiger partial charge in [-0.05, 0) is 47.6 Å². The summed E-state index contributed by atoms with van der Waals surface area (Å²) in [6.07, 6.45) is 0. The molecule has 1 aromatic heterocycles. The van der Waals surface area contributed by atoms with E-state index in [4.69, 9.17) is 4.74 Å². The van der Waals surface area contributed by atoms with Crippen LogP contribution in [-0.4, -0.2) is 50.0 Å². The van der Waals surface area contributed by atoms with Gasteiger partial charge in [-0.3, -0.25) is 4.79 Å². The number of hydrogen-bond donors (Lipinski definition) is 0. The molecule has 0 fully saturated rings. The average Bonchev–Trinajstić information content (AvgIpc) is 3.23. The van der Waals surface area contributed by atoms with E-state index in [0.717, 1.165) is 21.0 Å². The number of aromatic nitrogens is 1. The smallest absolute Gasteiger partial charge is 0.279 e. The molecule has 0 saturated carbocycles. The Morgan fingerprint density at radius 1 is 0.974 bits per heavy atom. The maximum absolute atomic E-state index is 13.3. The zero-order valence-corrected chi connectivity index (χ0v) is 24.2. The lowest BCUT2D eigenvalue weighted by molar-refractivity contribution is 0.0997. The van der Waals surface area contributed by atoms with Crippen LogP contribution in [0.3, 0.4) is 0 Å². The number of thiazole rings is 1. The minimum atomic E-state index is -3.67. The molecular formula is C29H35N3O4S2. The quantitative estimate of drug-likeness (QED) is 0.258. The fourth-order valence-electron chi connectivity index (χ4n) is 4.44. The Labute approximate surface area is 228 Å². The molecule has 38 heavy (non-hydrogen) atoms. The summed E-state index contributed by atoms with van der Waals surface area (Å²) >= 11 is 1.47. The number of rotatable bonds is 10. The highest BCUT2D eigenvalue weighted by atomic mass is 32.2. The summed E-state index contributed by atoms with van der Waals surface area (Å²) in [4.78, 5) is 18.4. The number of methoxy groups -OCH3 is 1. The van der Waals surface area contributed by atoms with Crippen LogP contribution >= 0.6 is 11.3 Å². The molecule has 0 atom stereocenters. The van der Waals surface area contributed by atoms with Crippen molar-refractivity contribution >= 4 is 48.3 Å². The van der Waals surface area contributed by atoms with Gasteiger partial charge >= 0.3 is 0 Å². The summed E-state index contributed by atoms with van der Waals surface area (Å²) in [5.41, 5.74) is 1.33. The number of carbonyl (C=O) groups is 1. The van der Waals surface area contributed by atoms with Crippen molar-refractivity contribution in [2.45, 2.75) is 39.1 Å². The van der Waals surface area contributed by atoms with Crippen LogP contribution in [0, 0.1) is 11.8 Å². The van der Waals surface area contributed by atoms with E-state index in [1.165, 1.54) is 27.8 Å². The van der Waals surface area contributed by atoms with Gasteiger partial charge in [0.1, 0.15) is 0 Å². The molecule has 0 spiro atoms. The van der Waals surface area contributed by atoms with E-state index in [-0.39, 0.29) is 16.7 Å². The van der Waals surface area contributed by atoms with Gasteiger partial charge in [0.15, 0.2) is 4.80 Å². The topological polar surface area (TPSA) is 81.0 Å². The van der Waals surface area contributed by atoms with Gasteiger partial charge in [0, 0.05) is 37.7 Å². The molecular weight excluding hydrogens is 518 g/mol. The van der Waals surface area contributed by atoms with Crippen molar-refractivity contribution in [3.05, 3.63) is 71.0 Å². The van der Waals surface area contributed by atoms with Crippen molar-refractivity contribution in [1.82, 2.24) is 8.87 Å². The molecule has 0 aliphatic heterocycles. The normalized spacial score (nSPS) is 13.0. The number of ether oxygens (including phenoxy) is 1. The van der Waals surface area contributed by atoms with Crippen LogP contribution in [0.15, 0.2) is 70.6 Å². The van der Waals surface area contributed by atoms with Crippen molar-refractivity contribution in [3.8, 4) is 0 Å². The van der Waals surface area contributed by atoms with Crippen LogP contribution in [0.4, 0.5) is 0 Å². The van der Waals surface area contributed by atoms with Crippen molar-refractivity contribution < 1.29 is 17.9 Å². The van der Waals surface area contributed by atoms with Gasteiger partial charge in [-0.15, -0.1) is 0 Å². The molecule has 1 amide bonds. The first-order valence-corrected chi connectivity index (χ1v) is 15.1. The first kappa shape index (κ1) is 28.2. The maximum Gasteiger partial charge on any atom is 0.279 e. The second-order valence-corrected chi connectivity index (χ2v) is 13.1. The number of nitrogens with zero attached hydrogens (tertiary/aromatic N) is 3. The zero-order chi connectivity index (χ0) is 27.4. The van der Waals surface area contributed by atoms with Gasteiger partial charge in [0.05, 0.1) is 21.7 Å². The van der Waals surface area contributed by atoms with E-state index in [2.05, 4.69) is 23.2 Å². The Balaban J connectivity index is 1.70. The molecule has 9 heteroatoms. The second kappa shape index (κ2) is 11.9. The highest BCUT2D eigenvalue weighted by Gasteiger charge is 2.26. The average molecular weight is 554 g/mol. The Hall–Kier alpha value is -2.85. The summed E-state index contributed by atoms with van der Waals surface area (Å²) in [5.74, 6) is -0.0185. The molecule has 1 heterocycles. The lowest BCUT2D eigenvalue weighted by atomic mass is 10.1. The van der Waals surface area contributed by atoms with Crippen LogP contribution in [0.25, 0.3) is 21.0 Å². The highest BCUT2D eigenvalue weighted by Crippen LogP contribution is 2.28. The molecule has 4 aromatic rings. The second-order valence-electron chi connectivity index (χ2n) is 10.2. The molecule has 4 rings (SSSR count). The monoisotopic (exact) mass is 553 g/mol. The number of amides is 1. The third-order valence-corrected chi connectivity index (χ3v) is 9.14. The van der Waals surface area contributed by atoms with Gasteiger partial charge in [-0.1, -0.05) is 69.4 Å². The molecule has 0 aliphatic carbocycles. The van der Waals surface area contributed by atoms with Crippen LogP contribution in [-0.2, 0) is 21.3 Å². The molecule has 202 valence electrons. The van der Waals surface area contributed by atoms with Gasteiger partial charge < -0.3 is 9.30 Å². The molecule has 0 N–H and O–H groups in total. The molecule has 7 nitrogen and oxygen atoms in total. The van der Waals surface area contributed by atoms with Crippen molar-refractivity contribution in [3.63, 3.8) is 0 Å². The van der Waals surface area contributed by atoms with Gasteiger partial charge in [0.25, 0.3) is 5.91 Å². The van der Waals surface area contributed by atoms with Crippen LogP contribution in [0.2, 0.25) is 0 Å². The van der Waals surface area contributed by atoms with Crippen molar-refractivity contribution in [2.75, 3.05) is 26.8 Å². The Morgan fingerprint density at radius 3 is 2.26 bits per heavy atom. The van der Waals surface area contributed by atoms with Crippen LogP contribution in [0.1, 0.15) is 38.1 Å². The van der Waals surface area contributed by atoms with E-state index in [1.54, 1.807) is 19.2 Å². The third kappa shape index (κ3) is 6.07. The van der Waals surface area contributed by atoms with Crippen LogP contribution < -0.4 is 4.80 Å². The third-order valence-electron chi connectivity index (χ3n) is 6.17. The number of sulfonamides is 1. The lowest BCUT2D eigenvalue weighted by Gasteiger charge is -2.25. The molecule has 0 saturated heterocycles. The first-order chi connectivity index (χ1) is 18.1. The molecule has 0 radical (unpaired) electrons. The van der Waals surface area contributed by atoms with Gasteiger partial charge in [-0.2, -0.15) is 9.30 Å². The Bertz CT molecular complexity index is 1590. The number of fused-ring (bicyclic) bond motifs is 3. The van der Waals surface area contributed by atoms with E-state index in [0.29, 0.717) is 36.6 Å². The summed E-state index contributed by atoms with van der Waals surface area (Å²) in [6.45, 7) is 9.93. The van der Waals surface area contributed by atoms with Crippen molar-refractivity contribution in [2.24, 2.45) is 16.8 Å². The summed E-state index contributed by atoms with van der Waals surface area (Å²) < 4.78 is 36.6. The predicted octanol–water partition coefficient (Wildman–Crippen LogP) is 5.55. The number of benzene rings is 3. The van der Waals surface area contributed by atoms with Gasteiger partial charge in [-0.25, -0.2) is 8.42 Å². The SMILES string of the molecule is COCCn1c(=NC(=O)c2ccc(S(=O)(=O)N(CC(C)C)CC(C)C)cc2)sc2c3ccccc3ccc21. The van der Waals surface area contributed by atoms with E-state index >= 15 is 0 Å². The maximum atomic E-state index is 13.3. The predicted molar refractivity (Wildman–Crippen MR) is 154 cm³/mol. The van der Waals surface area contributed by atoms with Gasteiger partial charge in [0.2, 0.25) is 10.0 Å². The largest absolute Gasteiger partial charge is 0.383 e. The number of hydrogen-bond acceptors (Lipinski definition) is 5. The fraction of sp³-hybridized carbons (Fsp3) is 0.379.